The molecular weight excluding hydrogens is 184 g/mol. The summed E-state index contributed by atoms with van der Waals surface area (Å²) in [4.78, 5) is 11.7. The lowest BCUT2D eigenvalue weighted by molar-refractivity contribution is 0.679. The summed E-state index contributed by atoms with van der Waals surface area (Å²) in [5, 5.41) is 3.94. The lowest BCUT2D eigenvalue weighted by atomic mass is 10.4. The van der Waals surface area contributed by atoms with Gasteiger partial charge in [0.1, 0.15) is 0 Å². The summed E-state index contributed by atoms with van der Waals surface area (Å²) in [6.45, 7) is 1.81. The Bertz CT molecular complexity index is 323. The third-order valence-electron chi connectivity index (χ3n) is 1.31. The first kappa shape index (κ1) is 8.62. The average molecular weight is 191 g/mol. The molecule has 0 saturated heterocycles. The molecule has 0 radical (unpaired) electrons. The molecule has 0 bridgehead atoms. The van der Waals surface area contributed by atoms with Crippen molar-refractivity contribution in [2.75, 3.05) is 0 Å². The van der Waals surface area contributed by atoms with Crippen molar-refractivity contribution in [2.24, 2.45) is 7.05 Å². The van der Waals surface area contributed by atoms with Crippen molar-refractivity contribution in [3.8, 4) is 0 Å². The molecule has 0 atom stereocenters. The van der Waals surface area contributed by atoms with Gasteiger partial charge in [-0.1, -0.05) is 0 Å². The molecule has 1 rings (SSSR count). The zero-order valence-corrected chi connectivity index (χ0v) is 7.74. The van der Waals surface area contributed by atoms with Gasteiger partial charge in [-0.2, -0.15) is 5.10 Å². The third-order valence-corrected chi connectivity index (χ3v) is 2.39. The second-order valence-electron chi connectivity index (χ2n) is 2.13. The van der Waals surface area contributed by atoms with Crippen molar-refractivity contribution < 1.29 is 0 Å². The van der Waals surface area contributed by atoms with Gasteiger partial charge >= 0.3 is 0 Å². The fraction of sp³-hybridized carbons (Fsp3) is 0.333. The van der Waals surface area contributed by atoms with Crippen LogP contribution in [0.1, 0.15) is 5.69 Å². The Balaban J connectivity index is 3.32. The number of aromatic nitrogens is 2. The lowest BCUT2D eigenvalue weighted by Gasteiger charge is -2.00. The fourth-order valence-corrected chi connectivity index (χ4v) is 1.48. The Labute approximate surface area is 72.9 Å². The summed E-state index contributed by atoms with van der Waals surface area (Å²) < 4.78 is 1.28. The molecule has 0 aliphatic heterocycles. The number of halogens is 1. The molecule has 0 saturated carbocycles. The predicted molar refractivity (Wildman–Crippen MR) is 45.9 cm³/mol. The van der Waals surface area contributed by atoms with E-state index in [1.165, 1.54) is 10.7 Å². The van der Waals surface area contributed by atoms with E-state index in [0.29, 0.717) is 0 Å². The van der Waals surface area contributed by atoms with E-state index in [0.717, 1.165) is 21.6 Å². The number of aryl methyl sites for hydroxylation is 2. The quantitative estimate of drug-likeness (QED) is 0.671. The Hall–Kier alpha value is -0.480. The molecule has 11 heavy (non-hydrogen) atoms. The molecule has 0 fully saturated rings. The SMILES string of the molecule is Cc1nn(C)c(=O)cc1SCl. The van der Waals surface area contributed by atoms with E-state index >= 15 is 0 Å². The van der Waals surface area contributed by atoms with E-state index in [1.54, 1.807) is 7.05 Å². The minimum atomic E-state index is -0.140. The first-order valence-electron chi connectivity index (χ1n) is 2.98. The van der Waals surface area contributed by atoms with Crippen molar-refractivity contribution in [3.05, 3.63) is 22.1 Å². The Morgan fingerprint density at radius 3 is 2.91 bits per heavy atom. The molecule has 0 unspecified atom stereocenters. The smallest absolute Gasteiger partial charge is 0.267 e. The van der Waals surface area contributed by atoms with Gasteiger partial charge in [-0.3, -0.25) is 4.79 Å². The highest BCUT2D eigenvalue weighted by Gasteiger charge is 2.01. The highest BCUT2D eigenvalue weighted by molar-refractivity contribution is 8.21. The van der Waals surface area contributed by atoms with E-state index in [2.05, 4.69) is 5.10 Å². The minimum Gasteiger partial charge on any atom is -0.268 e. The van der Waals surface area contributed by atoms with Crippen molar-refractivity contribution in [1.29, 1.82) is 0 Å². The van der Waals surface area contributed by atoms with Gasteiger partial charge in [0.25, 0.3) is 5.56 Å². The van der Waals surface area contributed by atoms with Crippen LogP contribution in [0, 0.1) is 6.92 Å². The van der Waals surface area contributed by atoms with Crippen molar-refractivity contribution in [3.63, 3.8) is 0 Å². The van der Waals surface area contributed by atoms with Crippen LogP contribution >= 0.6 is 21.7 Å². The average Bonchev–Trinajstić information content (AvgIpc) is 1.97. The summed E-state index contributed by atoms with van der Waals surface area (Å²) in [6, 6.07) is 1.47. The maximum Gasteiger partial charge on any atom is 0.267 e. The molecule has 0 amide bonds. The first-order chi connectivity index (χ1) is 5.15. The fourth-order valence-electron chi connectivity index (χ4n) is 0.712. The minimum absolute atomic E-state index is 0.140. The van der Waals surface area contributed by atoms with Crippen LogP contribution in [0.4, 0.5) is 0 Å². The van der Waals surface area contributed by atoms with E-state index in [9.17, 15) is 4.79 Å². The van der Waals surface area contributed by atoms with Crippen LogP contribution in [-0.4, -0.2) is 9.78 Å². The summed E-state index contributed by atoms with van der Waals surface area (Å²) >= 11 is 0. The summed E-state index contributed by atoms with van der Waals surface area (Å²) in [5.41, 5.74) is 0.630. The molecular formula is C6H7ClN2OS. The van der Waals surface area contributed by atoms with Crippen LogP contribution in [0.25, 0.3) is 0 Å². The Morgan fingerprint density at radius 1 is 1.73 bits per heavy atom. The van der Waals surface area contributed by atoms with Crippen LogP contribution in [0.2, 0.25) is 0 Å². The molecule has 5 heteroatoms. The van der Waals surface area contributed by atoms with E-state index in [1.807, 2.05) is 6.92 Å². The molecule has 1 heterocycles. The van der Waals surface area contributed by atoms with E-state index in [-0.39, 0.29) is 5.56 Å². The van der Waals surface area contributed by atoms with Crippen LogP contribution < -0.4 is 5.56 Å². The molecule has 0 aliphatic rings. The normalized spacial score (nSPS) is 10.1. The van der Waals surface area contributed by atoms with Crippen LogP contribution in [0.15, 0.2) is 15.8 Å². The van der Waals surface area contributed by atoms with Crippen molar-refractivity contribution in [2.45, 2.75) is 11.8 Å². The maximum absolute atomic E-state index is 11.0. The number of rotatable bonds is 1. The predicted octanol–water partition coefficient (Wildman–Crippen LogP) is 1.33. The maximum atomic E-state index is 11.0. The highest BCUT2D eigenvalue weighted by Crippen LogP contribution is 2.21. The molecule has 0 aliphatic carbocycles. The van der Waals surface area contributed by atoms with Gasteiger partial charge in [-0.05, 0) is 28.6 Å². The first-order valence-corrected chi connectivity index (χ1v) is 4.63. The summed E-state index contributed by atoms with van der Waals surface area (Å²) in [5.74, 6) is 0. The topological polar surface area (TPSA) is 34.9 Å². The van der Waals surface area contributed by atoms with Crippen molar-refractivity contribution in [1.82, 2.24) is 9.78 Å². The second-order valence-corrected chi connectivity index (χ2v) is 3.19. The molecule has 0 spiro atoms. The lowest BCUT2D eigenvalue weighted by Crippen LogP contribution is -2.19. The van der Waals surface area contributed by atoms with E-state index in [4.69, 9.17) is 10.7 Å². The number of nitrogens with zero attached hydrogens (tertiary/aromatic N) is 2. The molecule has 0 N–H and O–H groups in total. The van der Waals surface area contributed by atoms with Crippen molar-refractivity contribution >= 4 is 21.7 Å². The molecule has 3 nitrogen and oxygen atoms in total. The van der Waals surface area contributed by atoms with Gasteiger partial charge in [-0.25, -0.2) is 4.68 Å². The molecule has 0 aromatic carbocycles. The zero-order valence-electron chi connectivity index (χ0n) is 6.17. The van der Waals surface area contributed by atoms with Gasteiger partial charge in [0.15, 0.2) is 0 Å². The van der Waals surface area contributed by atoms with Gasteiger partial charge in [0, 0.05) is 13.1 Å². The highest BCUT2D eigenvalue weighted by atomic mass is 35.7. The monoisotopic (exact) mass is 190 g/mol. The Morgan fingerprint density at radius 2 is 2.36 bits per heavy atom. The summed E-state index contributed by atoms with van der Waals surface area (Å²) in [6.07, 6.45) is 0. The zero-order chi connectivity index (χ0) is 8.43. The van der Waals surface area contributed by atoms with Gasteiger partial charge in [-0.15, -0.1) is 0 Å². The second kappa shape index (κ2) is 3.28. The summed E-state index contributed by atoms with van der Waals surface area (Å²) in [7, 11) is 8.11. The van der Waals surface area contributed by atoms with Gasteiger partial charge < -0.3 is 0 Å². The van der Waals surface area contributed by atoms with Crippen LogP contribution in [0.3, 0.4) is 0 Å². The Kier molecular flexibility index (Phi) is 2.57. The number of hydrogen-bond acceptors (Lipinski definition) is 3. The van der Waals surface area contributed by atoms with Gasteiger partial charge in [0.2, 0.25) is 0 Å². The molecule has 60 valence electrons. The van der Waals surface area contributed by atoms with E-state index < -0.39 is 0 Å². The van der Waals surface area contributed by atoms with Crippen LogP contribution in [-0.2, 0) is 7.05 Å². The van der Waals surface area contributed by atoms with Gasteiger partial charge in [0.05, 0.1) is 10.6 Å². The molecule has 1 aromatic heterocycles. The number of hydrogen-bond donors (Lipinski definition) is 0. The van der Waals surface area contributed by atoms with Crippen LogP contribution in [0.5, 0.6) is 0 Å². The standard InChI is InChI=1S/C6H7ClN2OS/c1-4-5(11-7)3-6(10)9(2)8-4/h3H,1-2H3. The largest absolute Gasteiger partial charge is 0.268 e. The molecule has 1 aromatic rings. The third kappa shape index (κ3) is 1.75.